The van der Waals surface area contributed by atoms with E-state index in [0.29, 0.717) is 11.3 Å². The first-order valence-electron chi connectivity index (χ1n) is 9.23. The van der Waals surface area contributed by atoms with Crippen LogP contribution in [0.5, 0.6) is 0 Å². The number of halogens is 3. The minimum Gasteiger partial charge on any atom is -0.320 e. The zero-order valence-electron chi connectivity index (χ0n) is 15.8. The molecule has 0 fully saturated rings. The molecule has 0 saturated heterocycles. The lowest BCUT2D eigenvalue weighted by Crippen LogP contribution is -2.31. The smallest absolute Gasteiger partial charge is 0.320 e. The molecule has 2 heterocycles. The normalized spacial score (nSPS) is 15.5. The van der Waals surface area contributed by atoms with Crippen LogP contribution in [-0.2, 0) is 0 Å². The molecule has 0 saturated carbocycles. The molecule has 1 aliphatic rings. The van der Waals surface area contributed by atoms with Gasteiger partial charge in [0.2, 0.25) is 0 Å². The van der Waals surface area contributed by atoms with Crippen LogP contribution in [0.15, 0.2) is 97.0 Å². The van der Waals surface area contributed by atoms with Gasteiger partial charge in [0.1, 0.15) is 0 Å². The first-order chi connectivity index (χ1) is 13.8. The Bertz CT molecular complexity index is 1140. The van der Waals surface area contributed by atoms with E-state index in [1.165, 1.54) is 13.0 Å². The lowest BCUT2D eigenvalue weighted by molar-refractivity contribution is -0.159. The van der Waals surface area contributed by atoms with E-state index in [-0.39, 0.29) is 5.70 Å². The van der Waals surface area contributed by atoms with Crippen molar-refractivity contribution in [2.45, 2.75) is 13.1 Å². The summed E-state index contributed by atoms with van der Waals surface area (Å²) in [6.07, 6.45) is 2.25. The second-order valence-corrected chi connectivity index (χ2v) is 7.02. The number of anilines is 1. The van der Waals surface area contributed by atoms with Crippen LogP contribution in [0.25, 0.3) is 22.0 Å². The van der Waals surface area contributed by atoms with E-state index in [0.717, 1.165) is 22.0 Å². The van der Waals surface area contributed by atoms with Crippen LogP contribution in [0.3, 0.4) is 0 Å². The third-order valence-corrected chi connectivity index (χ3v) is 5.06. The highest BCUT2D eigenvalue weighted by atomic mass is 19.4. The number of benzene rings is 2. The third kappa shape index (κ3) is 3.68. The van der Waals surface area contributed by atoms with Crippen molar-refractivity contribution >= 4 is 16.6 Å². The standard InChI is InChI=1S/C24H19F3N2/c1-16-11-13-29(23(14-16)17(2)24(25,26)27)19-7-3-6-18(15-19)20-8-4-10-22-21(20)9-5-12-28-22/h3-15,17H,1H2,2H3. The minimum absolute atomic E-state index is 0.154. The van der Waals surface area contributed by atoms with Crippen molar-refractivity contribution in [3.05, 3.63) is 97.0 Å². The molecule has 0 N–H and O–H groups in total. The van der Waals surface area contributed by atoms with Gasteiger partial charge in [0.15, 0.2) is 0 Å². The zero-order chi connectivity index (χ0) is 20.6. The van der Waals surface area contributed by atoms with Gasteiger partial charge in [-0.05, 0) is 60.0 Å². The SMILES string of the molecule is C=C1C=CN(c2cccc(-c3cccc4ncccc34)c2)C(C(C)C(F)(F)F)=C1. The molecule has 1 aromatic heterocycles. The lowest BCUT2D eigenvalue weighted by Gasteiger charge is -2.32. The van der Waals surface area contributed by atoms with Crippen molar-refractivity contribution in [3.8, 4) is 11.1 Å². The molecule has 4 rings (SSSR count). The van der Waals surface area contributed by atoms with Gasteiger partial charge in [-0.3, -0.25) is 4.98 Å². The van der Waals surface area contributed by atoms with Gasteiger partial charge in [0.25, 0.3) is 0 Å². The van der Waals surface area contributed by atoms with Gasteiger partial charge >= 0.3 is 6.18 Å². The van der Waals surface area contributed by atoms with Gasteiger partial charge in [-0.2, -0.15) is 13.2 Å². The molecular weight excluding hydrogens is 373 g/mol. The number of hydrogen-bond acceptors (Lipinski definition) is 2. The number of rotatable bonds is 3. The summed E-state index contributed by atoms with van der Waals surface area (Å²) in [4.78, 5) is 5.97. The summed E-state index contributed by atoms with van der Waals surface area (Å²) >= 11 is 0. The van der Waals surface area contributed by atoms with E-state index >= 15 is 0 Å². The Labute approximate surface area is 167 Å². The highest BCUT2D eigenvalue weighted by Crippen LogP contribution is 2.39. The molecule has 0 spiro atoms. The Morgan fingerprint density at radius 3 is 2.62 bits per heavy atom. The largest absolute Gasteiger partial charge is 0.396 e. The van der Waals surface area contributed by atoms with Crippen LogP contribution in [-0.4, -0.2) is 11.2 Å². The van der Waals surface area contributed by atoms with Gasteiger partial charge in [-0.1, -0.05) is 36.9 Å². The van der Waals surface area contributed by atoms with Gasteiger partial charge in [-0.15, -0.1) is 0 Å². The van der Waals surface area contributed by atoms with E-state index in [2.05, 4.69) is 11.6 Å². The highest BCUT2D eigenvalue weighted by molar-refractivity contribution is 5.95. The van der Waals surface area contributed by atoms with Gasteiger partial charge in [0, 0.05) is 29.2 Å². The van der Waals surface area contributed by atoms with Crippen LogP contribution in [0.4, 0.5) is 18.9 Å². The maximum atomic E-state index is 13.4. The zero-order valence-corrected chi connectivity index (χ0v) is 15.8. The number of fused-ring (bicyclic) bond motifs is 1. The molecule has 2 aromatic carbocycles. The molecule has 0 bridgehead atoms. The summed E-state index contributed by atoms with van der Waals surface area (Å²) in [5.74, 6) is -1.62. The quantitative estimate of drug-likeness (QED) is 0.483. The summed E-state index contributed by atoms with van der Waals surface area (Å²) in [6, 6.07) is 17.2. The maximum absolute atomic E-state index is 13.4. The summed E-state index contributed by atoms with van der Waals surface area (Å²) in [6.45, 7) is 4.96. The molecule has 0 radical (unpaired) electrons. The molecule has 0 aliphatic carbocycles. The first kappa shape index (κ1) is 19.0. The van der Waals surface area contributed by atoms with Crippen molar-refractivity contribution in [2.24, 2.45) is 5.92 Å². The Kier molecular flexibility index (Phi) is 4.74. The van der Waals surface area contributed by atoms with Crippen LogP contribution < -0.4 is 4.90 Å². The Morgan fingerprint density at radius 1 is 1.03 bits per heavy atom. The van der Waals surface area contributed by atoms with Crippen molar-refractivity contribution in [1.82, 2.24) is 4.98 Å². The number of aromatic nitrogens is 1. The molecule has 0 amide bonds. The average Bonchev–Trinajstić information content (AvgIpc) is 2.72. The van der Waals surface area contributed by atoms with E-state index in [4.69, 9.17) is 0 Å². The number of allylic oxidation sites excluding steroid dienone is 4. The Morgan fingerprint density at radius 2 is 1.83 bits per heavy atom. The van der Waals surface area contributed by atoms with Gasteiger partial charge in [-0.25, -0.2) is 0 Å². The van der Waals surface area contributed by atoms with Crippen LogP contribution in [0.2, 0.25) is 0 Å². The fourth-order valence-corrected chi connectivity index (χ4v) is 3.48. The monoisotopic (exact) mass is 392 g/mol. The summed E-state index contributed by atoms with van der Waals surface area (Å²) in [5, 5.41) is 0.995. The second-order valence-electron chi connectivity index (χ2n) is 7.02. The fraction of sp³-hybridized carbons (Fsp3) is 0.125. The Hall–Kier alpha value is -3.34. The second kappa shape index (κ2) is 7.24. The predicted molar refractivity (Wildman–Crippen MR) is 111 cm³/mol. The van der Waals surface area contributed by atoms with Crippen molar-refractivity contribution < 1.29 is 13.2 Å². The molecule has 29 heavy (non-hydrogen) atoms. The molecule has 1 atom stereocenters. The van der Waals surface area contributed by atoms with Crippen molar-refractivity contribution in [2.75, 3.05) is 4.90 Å². The van der Waals surface area contributed by atoms with E-state index in [1.807, 2.05) is 54.6 Å². The summed E-state index contributed by atoms with van der Waals surface area (Å²) in [7, 11) is 0. The molecule has 2 nitrogen and oxygen atoms in total. The Balaban J connectivity index is 1.79. The average molecular weight is 392 g/mol. The fourth-order valence-electron chi connectivity index (χ4n) is 3.48. The van der Waals surface area contributed by atoms with Crippen LogP contribution in [0, 0.1) is 5.92 Å². The number of alkyl halides is 3. The third-order valence-electron chi connectivity index (χ3n) is 5.06. The van der Waals surface area contributed by atoms with E-state index < -0.39 is 12.1 Å². The molecule has 1 unspecified atom stereocenters. The number of pyridine rings is 1. The molecule has 3 aromatic rings. The van der Waals surface area contributed by atoms with Crippen LogP contribution >= 0.6 is 0 Å². The lowest BCUT2D eigenvalue weighted by atomic mass is 9.98. The minimum atomic E-state index is -4.34. The first-order valence-corrected chi connectivity index (χ1v) is 9.23. The molecular formula is C24H19F3N2. The summed E-state index contributed by atoms with van der Waals surface area (Å²) < 4.78 is 40.3. The summed E-state index contributed by atoms with van der Waals surface area (Å²) in [5.41, 5.74) is 4.13. The van der Waals surface area contributed by atoms with Crippen molar-refractivity contribution in [3.63, 3.8) is 0 Å². The predicted octanol–water partition coefficient (Wildman–Crippen LogP) is 6.87. The molecule has 146 valence electrons. The number of hydrogen-bond donors (Lipinski definition) is 0. The van der Waals surface area contributed by atoms with Gasteiger partial charge < -0.3 is 4.90 Å². The maximum Gasteiger partial charge on any atom is 0.396 e. The van der Waals surface area contributed by atoms with E-state index in [1.54, 1.807) is 23.4 Å². The van der Waals surface area contributed by atoms with Gasteiger partial charge in [0.05, 0.1) is 11.4 Å². The molecule has 5 heteroatoms. The topological polar surface area (TPSA) is 16.1 Å². The number of nitrogens with zero attached hydrogens (tertiary/aromatic N) is 2. The molecule has 1 aliphatic heterocycles. The van der Waals surface area contributed by atoms with Crippen molar-refractivity contribution in [1.29, 1.82) is 0 Å². The van der Waals surface area contributed by atoms with E-state index in [9.17, 15) is 13.2 Å². The highest BCUT2D eigenvalue weighted by Gasteiger charge is 2.40. The van der Waals surface area contributed by atoms with Crippen LogP contribution in [0.1, 0.15) is 6.92 Å².